The van der Waals surface area contributed by atoms with Crippen LogP contribution in [0.2, 0.25) is 0 Å². The minimum Gasteiger partial charge on any atom is -0.487 e. The zero-order valence-corrected chi connectivity index (χ0v) is 18.3. The van der Waals surface area contributed by atoms with E-state index in [4.69, 9.17) is 15.1 Å². The van der Waals surface area contributed by atoms with Gasteiger partial charge in [0.25, 0.3) is 0 Å². The van der Waals surface area contributed by atoms with Gasteiger partial charge < -0.3 is 14.7 Å². The maximum absolute atomic E-state index is 12.1. The standard InChI is InChI=1S/C23H27N3O4S/c24-17-26-10-8-23(9-11-26)7-6-20-14-19(3-5-22(20)30-23)21-4-2-18(15-25-21)16-31(28,29)13-1-12-27/h2-5,14-15,27H,1,6-13,16H2. The van der Waals surface area contributed by atoms with Crippen LogP contribution < -0.4 is 4.74 Å². The van der Waals surface area contributed by atoms with Crippen molar-refractivity contribution in [1.82, 2.24) is 9.88 Å². The van der Waals surface area contributed by atoms with E-state index in [0.717, 1.165) is 61.3 Å². The summed E-state index contributed by atoms with van der Waals surface area (Å²) in [5, 5.41) is 17.9. The van der Waals surface area contributed by atoms with Crippen LogP contribution in [0, 0.1) is 11.5 Å². The number of sulfone groups is 1. The second kappa shape index (κ2) is 8.85. The molecule has 0 radical (unpaired) electrons. The number of benzene rings is 1. The number of nitriles is 1. The molecule has 1 fully saturated rings. The molecule has 0 saturated carbocycles. The highest BCUT2D eigenvalue weighted by atomic mass is 32.2. The number of pyridine rings is 1. The minimum atomic E-state index is -3.24. The largest absolute Gasteiger partial charge is 0.487 e. The predicted molar refractivity (Wildman–Crippen MR) is 117 cm³/mol. The number of ether oxygens (including phenoxy) is 1. The zero-order valence-electron chi connectivity index (χ0n) is 17.5. The number of piperidine rings is 1. The molecule has 1 spiro atoms. The Bertz CT molecular complexity index is 1070. The van der Waals surface area contributed by atoms with Crippen molar-refractivity contribution in [2.75, 3.05) is 25.4 Å². The van der Waals surface area contributed by atoms with Gasteiger partial charge in [0.15, 0.2) is 16.0 Å². The van der Waals surface area contributed by atoms with E-state index in [1.807, 2.05) is 18.2 Å². The van der Waals surface area contributed by atoms with E-state index in [-0.39, 0.29) is 30.1 Å². The van der Waals surface area contributed by atoms with Crippen LogP contribution in [0.5, 0.6) is 5.75 Å². The second-order valence-corrected chi connectivity index (χ2v) is 10.6. The summed E-state index contributed by atoms with van der Waals surface area (Å²) in [4.78, 5) is 6.26. The van der Waals surface area contributed by atoms with Crippen LogP contribution >= 0.6 is 0 Å². The number of hydrogen-bond acceptors (Lipinski definition) is 7. The molecule has 0 atom stereocenters. The Kier molecular flexibility index (Phi) is 6.17. The molecule has 7 nitrogen and oxygen atoms in total. The highest BCUT2D eigenvalue weighted by molar-refractivity contribution is 7.90. The molecule has 8 heteroatoms. The lowest BCUT2D eigenvalue weighted by molar-refractivity contribution is -0.00297. The van der Waals surface area contributed by atoms with Crippen molar-refractivity contribution in [3.05, 3.63) is 47.7 Å². The van der Waals surface area contributed by atoms with Crippen LogP contribution in [-0.4, -0.2) is 54.5 Å². The molecule has 31 heavy (non-hydrogen) atoms. The molecule has 2 aromatic rings. The first kappa shape index (κ1) is 21.6. The summed E-state index contributed by atoms with van der Waals surface area (Å²) in [5.41, 5.74) is 3.41. The molecule has 2 aliphatic rings. The van der Waals surface area contributed by atoms with Crippen molar-refractivity contribution in [3.8, 4) is 23.2 Å². The Morgan fingerprint density at radius 3 is 2.68 bits per heavy atom. The van der Waals surface area contributed by atoms with E-state index in [9.17, 15) is 8.42 Å². The van der Waals surface area contributed by atoms with E-state index >= 15 is 0 Å². The summed E-state index contributed by atoms with van der Waals surface area (Å²) < 4.78 is 30.5. The van der Waals surface area contributed by atoms with Gasteiger partial charge in [0, 0.05) is 44.3 Å². The van der Waals surface area contributed by atoms with E-state index in [2.05, 4.69) is 17.2 Å². The molecule has 1 N–H and O–H groups in total. The summed E-state index contributed by atoms with van der Waals surface area (Å²) in [6, 6.07) is 9.74. The minimum absolute atomic E-state index is 0.0217. The molecular weight excluding hydrogens is 414 g/mol. The van der Waals surface area contributed by atoms with Crippen LogP contribution in [0.15, 0.2) is 36.5 Å². The number of hydrogen-bond donors (Lipinski definition) is 1. The molecule has 0 aliphatic carbocycles. The van der Waals surface area contributed by atoms with Gasteiger partial charge in [-0.3, -0.25) is 4.98 Å². The lowest BCUT2D eigenvalue weighted by Crippen LogP contribution is -2.48. The Hall–Kier alpha value is -2.63. The fourth-order valence-corrected chi connectivity index (χ4v) is 5.73. The Morgan fingerprint density at radius 2 is 2.00 bits per heavy atom. The molecule has 0 amide bonds. The highest BCUT2D eigenvalue weighted by Crippen LogP contribution is 2.40. The average molecular weight is 442 g/mol. The van der Waals surface area contributed by atoms with Gasteiger partial charge in [-0.15, -0.1) is 0 Å². The molecule has 1 saturated heterocycles. The van der Waals surface area contributed by atoms with E-state index in [0.29, 0.717) is 5.56 Å². The van der Waals surface area contributed by atoms with E-state index < -0.39 is 9.84 Å². The third-order valence-corrected chi connectivity index (χ3v) is 7.86. The van der Waals surface area contributed by atoms with Crippen molar-refractivity contribution in [3.63, 3.8) is 0 Å². The first-order valence-electron chi connectivity index (χ1n) is 10.7. The summed E-state index contributed by atoms with van der Waals surface area (Å²) in [6.07, 6.45) is 7.69. The Labute approximate surface area is 183 Å². The monoisotopic (exact) mass is 441 g/mol. The van der Waals surface area contributed by atoms with Gasteiger partial charge in [-0.25, -0.2) is 8.42 Å². The summed E-state index contributed by atoms with van der Waals surface area (Å²) in [6.45, 7) is 1.36. The van der Waals surface area contributed by atoms with Gasteiger partial charge >= 0.3 is 0 Å². The van der Waals surface area contributed by atoms with Gasteiger partial charge in [-0.05, 0) is 54.7 Å². The number of likely N-dealkylation sites (tertiary alicyclic amines) is 1. The van der Waals surface area contributed by atoms with Gasteiger partial charge in [0.05, 0.1) is 17.2 Å². The van der Waals surface area contributed by atoms with Crippen molar-refractivity contribution < 1.29 is 18.3 Å². The first-order chi connectivity index (χ1) is 14.9. The Balaban J connectivity index is 1.45. The molecule has 164 valence electrons. The highest BCUT2D eigenvalue weighted by Gasteiger charge is 2.39. The summed E-state index contributed by atoms with van der Waals surface area (Å²) >= 11 is 0. The van der Waals surface area contributed by atoms with Crippen LogP contribution in [0.1, 0.15) is 36.8 Å². The van der Waals surface area contributed by atoms with Crippen LogP contribution in [0.3, 0.4) is 0 Å². The molecule has 0 unspecified atom stereocenters. The lowest BCUT2D eigenvalue weighted by Gasteiger charge is -2.43. The van der Waals surface area contributed by atoms with Gasteiger partial charge in [0.1, 0.15) is 11.4 Å². The van der Waals surface area contributed by atoms with Crippen molar-refractivity contribution >= 4 is 9.84 Å². The third-order valence-electron chi connectivity index (χ3n) is 6.17. The third kappa shape index (κ3) is 5.00. The fraction of sp³-hybridized carbons (Fsp3) is 0.478. The topological polar surface area (TPSA) is 104 Å². The van der Waals surface area contributed by atoms with Crippen LogP contribution in [0.4, 0.5) is 0 Å². The summed E-state index contributed by atoms with van der Waals surface area (Å²) in [5.74, 6) is 0.822. The molecule has 2 aliphatic heterocycles. The predicted octanol–water partition coefficient (Wildman–Crippen LogP) is 2.69. The number of nitrogens with zero attached hydrogens (tertiary/aromatic N) is 3. The lowest BCUT2D eigenvalue weighted by atomic mass is 9.83. The average Bonchev–Trinajstić information content (AvgIpc) is 2.78. The first-order valence-corrected chi connectivity index (χ1v) is 12.5. The molecule has 1 aromatic heterocycles. The summed E-state index contributed by atoms with van der Waals surface area (Å²) in [7, 11) is -3.24. The van der Waals surface area contributed by atoms with Crippen LogP contribution in [-0.2, 0) is 22.0 Å². The van der Waals surface area contributed by atoms with Gasteiger partial charge in [-0.1, -0.05) is 6.07 Å². The number of aliphatic hydroxyl groups excluding tert-OH is 1. The number of fused-ring (bicyclic) bond motifs is 1. The number of aliphatic hydroxyl groups is 1. The SMILES string of the molecule is N#CN1CCC2(CCc3cc(-c4ccc(CS(=O)(=O)CCCO)cn4)ccc3O2)CC1. The van der Waals surface area contributed by atoms with Crippen molar-refractivity contribution in [2.45, 2.75) is 43.5 Å². The Morgan fingerprint density at radius 1 is 1.19 bits per heavy atom. The molecule has 3 heterocycles. The van der Waals surface area contributed by atoms with E-state index in [1.165, 1.54) is 0 Å². The van der Waals surface area contributed by atoms with Crippen LogP contribution in [0.25, 0.3) is 11.3 Å². The molecule has 1 aromatic carbocycles. The second-order valence-electron chi connectivity index (χ2n) is 8.42. The number of aromatic nitrogens is 1. The maximum Gasteiger partial charge on any atom is 0.179 e. The maximum atomic E-state index is 12.1. The van der Waals surface area contributed by atoms with Crippen molar-refractivity contribution in [1.29, 1.82) is 5.26 Å². The fourth-order valence-electron chi connectivity index (χ4n) is 4.34. The number of aryl methyl sites for hydroxylation is 1. The molecule has 4 rings (SSSR count). The smallest absolute Gasteiger partial charge is 0.179 e. The quantitative estimate of drug-likeness (QED) is 0.688. The molecule has 0 bridgehead atoms. The normalized spacial score (nSPS) is 17.6. The van der Waals surface area contributed by atoms with Gasteiger partial charge in [0.2, 0.25) is 0 Å². The zero-order chi connectivity index (χ0) is 21.9. The van der Waals surface area contributed by atoms with Gasteiger partial charge in [-0.2, -0.15) is 5.26 Å². The van der Waals surface area contributed by atoms with E-state index in [1.54, 1.807) is 17.2 Å². The van der Waals surface area contributed by atoms with Crippen molar-refractivity contribution in [2.24, 2.45) is 0 Å². The molecular formula is C23H27N3O4S. The number of rotatable bonds is 6.